The van der Waals surface area contributed by atoms with Crippen molar-refractivity contribution in [2.45, 2.75) is 44.8 Å². The molecule has 130 valence electrons. The number of carbonyl (C=O) groups excluding carboxylic acids is 2. The van der Waals surface area contributed by atoms with Crippen molar-refractivity contribution in [1.82, 2.24) is 4.72 Å². The Bertz CT molecular complexity index is 630. The van der Waals surface area contributed by atoms with Crippen LogP contribution in [0.4, 0.5) is 5.69 Å². The predicted molar refractivity (Wildman–Crippen MR) is 94.1 cm³/mol. The molecule has 0 amide bonds. The molecule has 0 radical (unpaired) electrons. The normalized spacial score (nSPS) is 12.1. The van der Waals surface area contributed by atoms with Gasteiger partial charge >= 0.3 is 0 Å². The molecule has 0 unspecified atom stereocenters. The first-order chi connectivity index (χ1) is 10.7. The van der Waals surface area contributed by atoms with Crippen LogP contribution in [-0.2, 0) is 10.0 Å². The van der Waals surface area contributed by atoms with Crippen molar-refractivity contribution in [2.75, 3.05) is 18.4 Å². The standard InChI is InChI=1S/C15H24N2O4S2/c1-15(2,3)23(20,21)17-8-6-4-5-7-16-13-11-22-14(10-19)12(13)9-18/h9-11,16-17H,4-8H2,1-3H3. The summed E-state index contributed by atoms with van der Waals surface area (Å²) in [6.07, 6.45) is 3.83. The molecule has 0 saturated carbocycles. The average Bonchev–Trinajstić information content (AvgIpc) is 2.86. The summed E-state index contributed by atoms with van der Waals surface area (Å²) in [5.74, 6) is 0. The summed E-state index contributed by atoms with van der Waals surface area (Å²) in [6, 6.07) is 0. The Hall–Kier alpha value is -1.25. The van der Waals surface area contributed by atoms with Gasteiger partial charge in [0, 0.05) is 18.5 Å². The van der Waals surface area contributed by atoms with Gasteiger partial charge < -0.3 is 5.32 Å². The van der Waals surface area contributed by atoms with Crippen LogP contribution in [0.5, 0.6) is 0 Å². The van der Waals surface area contributed by atoms with E-state index in [2.05, 4.69) is 10.0 Å². The molecule has 0 aromatic carbocycles. The van der Waals surface area contributed by atoms with Gasteiger partial charge in [-0.3, -0.25) is 9.59 Å². The number of nitrogens with one attached hydrogen (secondary N) is 2. The number of rotatable bonds is 10. The zero-order chi connectivity index (χ0) is 17.5. The van der Waals surface area contributed by atoms with E-state index in [0.717, 1.165) is 19.3 Å². The molecule has 23 heavy (non-hydrogen) atoms. The van der Waals surface area contributed by atoms with Crippen molar-refractivity contribution in [1.29, 1.82) is 0 Å². The Morgan fingerprint density at radius 2 is 1.74 bits per heavy atom. The van der Waals surface area contributed by atoms with Crippen molar-refractivity contribution in [2.24, 2.45) is 0 Å². The summed E-state index contributed by atoms with van der Waals surface area (Å²) in [4.78, 5) is 22.2. The first-order valence-electron chi connectivity index (χ1n) is 7.48. The van der Waals surface area contributed by atoms with Crippen molar-refractivity contribution in [3.05, 3.63) is 15.8 Å². The summed E-state index contributed by atoms with van der Waals surface area (Å²) >= 11 is 1.24. The zero-order valence-corrected chi connectivity index (χ0v) is 15.4. The highest BCUT2D eigenvalue weighted by molar-refractivity contribution is 7.90. The molecule has 1 rings (SSSR count). The molecule has 0 aliphatic heterocycles. The van der Waals surface area contributed by atoms with Crippen LogP contribution >= 0.6 is 11.3 Å². The molecule has 0 atom stereocenters. The maximum Gasteiger partial charge on any atom is 0.216 e. The maximum atomic E-state index is 11.8. The van der Waals surface area contributed by atoms with Gasteiger partial charge in [-0.05, 0) is 33.6 Å². The van der Waals surface area contributed by atoms with E-state index >= 15 is 0 Å². The molecule has 0 aliphatic rings. The number of anilines is 1. The molecule has 1 aromatic rings. The Kier molecular flexibility index (Phi) is 7.37. The molecule has 1 aromatic heterocycles. The number of carbonyl (C=O) groups is 2. The predicted octanol–water partition coefficient (Wildman–Crippen LogP) is 2.67. The second-order valence-corrected chi connectivity index (χ2v) is 9.59. The first kappa shape index (κ1) is 19.8. The minimum atomic E-state index is -3.28. The fourth-order valence-corrected chi connectivity index (χ4v) is 3.45. The van der Waals surface area contributed by atoms with Gasteiger partial charge in [0.2, 0.25) is 10.0 Å². The summed E-state index contributed by atoms with van der Waals surface area (Å²) in [5.41, 5.74) is 1.09. The van der Waals surface area contributed by atoms with E-state index in [9.17, 15) is 18.0 Å². The van der Waals surface area contributed by atoms with Crippen LogP contribution in [0.2, 0.25) is 0 Å². The second kappa shape index (κ2) is 8.56. The fourth-order valence-electron chi connectivity index (χ4n) is 1.80. The number of sulfonamides is 1. The second-order valence-electron chi connectivity index (χ2n) is 6.16. The van der Waals surface area contributed by atoms with Gasteiger partial charge in [-0.25, -0.2) is 13.1 Å². The Balaban J connectivity index is 2.26. The third-order valence-corrected chi connectivity index (χ3v) is 6.47. The third kappa shape index (κ3) is 5.71. The minimum Gasteiger partial charge on any atom is -0.384 e. The van der Waals surface area contributed by atoms with Crippen LogP contribution in [0, 0.1) is 0 Å². The van der Waals surface area contributed by atoms with Gasteiger partial charge in [-0.1, -0.05) is 6.42 Å². The molecule has 0 bridgehead atoms. The quantitative estimate of drug-likeness (QED) is 0.494. The van der Waals surface area contributed by atoms with E-state index in [1.165, 1.54) is 11.3 Å². The number of hydrogen-bond donors (Lipinski definition) is 2. The molecular formula is C15H24N2O4S2. The fraction of sp³-hybridized carbons (Fsp3) is 0.600. The molecule has 2 N–H and O–H groups in total. The van der Waals surface area contributed by atoms with E-state index in [-0.39, 0.29) is 0 Å². The summed E-state index contributed by atoms with van der Waals surface area (Å²) in [5, 5.41) is 4.89. The lowest BCUT2D eigenvalue weighted by molar-refractivity contribution is 0.109. The van der Waals surface area contributed by atoms with E-state index in [0.29, 0.717) is 41.8 Å². The van der Waals surface area contributed by atoms with Crippen LogP contribution < -0.4 is 10.0 Å². The maximum absolute atomic E-state index is 11.8. The Morgan fingerprint density at radius 1 is 1.09 bits per heavy atom. The van der Waals surface area contributed by atoms with Gasteiger partial charge in [0.05, 0.1) is 20.9 Å². The average molecular weight is 361 g/mol. The van der Waals surface area contributed by atoms with E-state index < -0.39 is 14.8 Å². The molecule has 1 heterocycles. The summed E-state index contributed by atoms with van der Waals surface area (Å²) < 4.78 is 25.5. The zero-order valence-electron chi connectivity index (χ0n) is 13.7. The molecule has 0 saturated heterocycles. The highest BCUT2D eigenvalue weighted by Gasteiger charge is 2.27. The lowest BCUT2D eigenvalue weighted by Crippen LogP contribution is -2.39. The van der Waals surface area contributed by atoms with E-state index in [4.69, 9.17) is 0 Å². The molecule has 6 nitrogen and oxygen atoms in total. The minimum absolute atomic E-state index is 0.405. The Labute approximate surface area is 141 Å². The van der Waals surface area contributed by atoms with E-state index in [1.807, 2.05) is 0 Å². The van der Waals surface area contributed by atoms with Gasteiger partial charge in [0.15, 0.2) is 12.6 Å². The largest absolute Gasteiger partial charge is 0.384 e. The van der Waals surface area contributed by atoms with Crippen LogP contribution in [0.25, 0.3) is 0 Å². The lowest BCUT2D eigenvalue weighted by atomic mass is 10.2. The molecular weight excluding hydrogens is 336 g/mol. The number of thiophene rings is 1. The molecule has 8 heteroatoms. The number of aldehydes is 2. The topological polar surface area (TPSA) is 92.3 Å². The molecule has 0 aliphatic carbocycles. The Morgan fingerprint density at radius 3 is 2.30 bits per heavy atom. The van der Waals surface area contributed by atoms with Gasteiger partial charge in [-0.2, -0.15) is 0 Å². The van der Waals surface area contributed by atoms with Crippen LogP contribution in [0.1, 0.15) is 60.1 Å². The van der Waals surface area contributed by atoms with Crippen molar-refractivity contribution >= 4 is 39.6 Å². The highest BCUT2D eigenvalue weighted by atomic mass is 32.2. The smallest absolute Gasteiger partial charge is 0.216 e. The van der Waals surface area contributed by atoms with E-state index in [1.54, 1.807) is 26.2 Å². The third-order valence-electron chi connectivity index (χ3n) is 3.35. The van der Waals surface area contributed by atoms with Crippen LogP contribution in [-0.4, -0.2) is 38.8 Å². The van der Waals surface area contributed by atoms with Gasteiger partial charge in [-0.15, -0.1) is 11.3 Å². The SMILES string of the molecule is CC(C)(C)S(=O)(=O)NCCCCCNc1csc(C=O)c1C=O. The van der Waals surface area contributed by atoms with Crippen molar-refractivity contribution in [3.8, 4) is 0 Å². The van der Waals surface area contributed by atoms with Crippen molar-refractivity contribution in [3.63, 3.8) is 0 Å². The van der Waals surface area contributed by atoms with Crippen molar-refractivity contribution < 1.29 is 18.0 Å². The number of hydrogen-bond acceptors (Lipinski definition) is 6. The van der Waals surface area contributed by atoms with Gasteiger partial charge in [0.25, 0.3) is 0 Å². The first-order valence-corrected chi connectivity index (χ1v) is 9.84. The molecule has 0 spiro atoms. The summed E-state index contributed by atoms with van der Waals surface area (Å²) in [6.45, 7) is 6.09. The number of unbranched alkanes of at least 4 members (excludes halogenated alkanes) is 2. The molecule has 0 fully saturated rings. The van der Waals surface area contributed by atoms with Crippen LogP contribution in [0.3, 0.4) is 0 Å². The monoisotopic (exact) mass is 360 g/mol. The summed E-state index contributed by atoms with van der Waals surface area (Å²) in [7, 11) is -3.28. The lowest BCUT2D eigenvalue weighted by Gasteiger charge is -2.19. The highest BCUT2D eigenvalue weighted by Crippen LogP contribution is 2.24. The van der Waals surface area contributed by atoms with Crippen LogP contribution in [0.15, 0.2) is 5.38 Å². The van der Waals surface area contributed by atoms with Gasteiger partial charge in [0.1, 0.15) is 0 Å².